The van der Waals surface area contributed by atoms with Crippen LogP contribution in [0.2, 0.25) is 0 Å². The average Bonchev–Trinajstić information content (AvgIpc) is 2.88. The maximum absolute atomic E-state index is 12.9. The molecule has 0 aliphatic carbocycles. The molecule has 1 heterocycles. The number of benzene rings is 3. The first-order valence-corrected chi connectivity index (χ1v) is 14.2. The van der Waals surface area contributed by atoms with Crippen molar-refractivity contribution in [3.63, 3.8) is 0 Å². The van der Waals surface area contributed by atoms with Crippen LogP contribution in [0.15, 0.2) is 88.7 Å². The monoisotopic (exact) mass is 509 g/mol. The summed E-state index contributed by atoms with van der Waals surface area (Å²) in [6, 6.07) is 24.8. The molecule has 0 spiro atoms. The Bertz CT molecular complexity index is 1210. The second-order valence-electron chi connectivity index (χ2n) is 8.61. The van der Waals surface area contributed by atoms with Gasteiger partial charge in [0.05, 0.1) is 4.90 Å². The number of nitrogens with zero attached hydrogens (tertiary/aromatic N) is 2. The molecular weight excluding hydrogens is 478 g/mol. The lowest BCUT2D eigenvalue weighted by atomic mass is 10.1. The van der Waals surface area contributed by atoms with Gasteiger partial charge in [0.25, 0.3) is 5.91 Å². The number of thioether (sulfide) groups is 1. The number of nitrogens with one attached hydrogen (secondary N) is 1. The Morgan fingerprint density at radius 2 is 1.54 bits per heavy atom. The van der Waals surface area contributed by atoms with Crippen LogP contribution in [0.5, 0.6) is 0 Å². The van der Waals surface area contributed by atoms with Gasteiger partial charge in [0.2, 0.25) is 10.0 Å². The quantitative estimate of drug-likeness (QED) is 0.349. The molecule has 0 radical (unpaired) electrons. The number of aryl methyl sites for hydroxylation is 1. The van der Waals surface area contributed by atoms with Gasteiger partial charge >= 0.3 is 0 Å². The van der Waals surface area contributed by atoms with Crippen LogP contribution in [0.25, 0.3) is 0 Å². The molecule has 0 bridgehead atoms. The van der Waals surface area contributed by atoms with E-state index >= 15 is 0 Å². The van der Waals surface area contributed by atoms with Gasteiger partial charge in [0.1, 0.15) is 0 Å². The van der Waals surface area contributed by atoms with Gasteiger partial charge < -0.3 is 5.32 Å². The van der Waals surface area contributed by atoms with Crippen molar-refractivity contribution in [1.82, 2.24) is 14.5 Å². The highest BCUT2D eigenvalue weighted by atomic mass is 32.2. The molecule has 1 fully saturated rings. The van der Waals surface area contributed by atoms with Crippen molar-refractivity contribution in [3.05, 3.63) is 95.6 Å². The lowest BCUT2D eigenvalue weighted by molar-refractivity contribution is 0.0956. The van der Waals surface area contributed by atoms with Crippen LogP contribution < -0.4 is 5.32 Å². The van der Waals surface area contributed by atoms with Crippen LogP contribution in [0.4, 0.5) is 0 Å². The Morgan fingerprint density at radius 1 is 0.886 bits per heavy atom. The Morgan fingerprint density at radius 3 is 2.20 bits per heavy atom. The van der Waals surface area contributed by atoms with Crippen molar-refractivity contribution < 1.29 is 13.2 Å². The SMILES string of the molecule is Cc1ccc(S(=O)(=O)N2CCN(Cc3ccc(C(=O)NCCSc4ccccc4)cc3)CC2)cc1. The smallest absolute Gasteiger partial charge is 0.251 e. The molecule has 0 atom stereocenters. The summed E-state index contributed by atoms with van der Waals surface area (Å²) >= 11 is 1.72. The topological polar surface area (TPSA) is 69.7 Å². The fourth-order valence-corrected chi connectivity index (χ4v) is 6.17. The summed E-state index contributed by atoms with van der Waals surface area (Å²) < 4.78 is 27.4. The second-order valence-corrected chi connectivity index (χ2v) is 11.7. The number of carbonyl (C=O) groups is 1. The van der Waals surface area contributed by atoms with E-state index in [4.69, 9.17) is 0 Å². The Balaban J connectivity index is 1.22. The molecule has 8 heteroatoms. The van der Waals surface area contributed by atoms with Crippen molar-refractivity contribution >= 4 is 27.7 Å². The minimum absolute atomic E-state index is 0.0693. The Kier molecular flexibility index (Phi) is 8.62. The van der Waals surface area contributed by atoms with Gasteiger partial charge in [-0.3, -0.25) is 9.69 Å². The third-order valence-electron chi connectivity index (χ3n) is 6.01. The first-order chi connectivity index (χ1) is 16.9. The number of rotatable bonds is 9. The zero-order chi connectivity index (χ0) is 24.7. The standard InChI is InChI=1S/C27H31N3O3S2/c1-22-7-13-26(14-8-22)35(32,33)30-18-16-29(17-19-30)21-23-9-11-24(12-10-23)27(31)28-15-20-34-25-5-3-2-4-6-25/h2-14H,15-21H2,1H3,(H,28,31). The van der Waals surface area contributed by atoms with E-state index in [0.717, 1.165) is 23.4 Å². The van der Waals surface area contributed by atoms with E-state index in [1.165, 1.54) is 4.90 Å². The van der Waals surface area contributed by atoms with E-state index in [9.17, 15) is 13.2 Å². The summed E-state index contributed by atoms with van der Waals surface area (Å²) in [5.74, 6) is 0.750. The predicted molar refractivity (Wildman–Crippen MR) is 141 cm³/mol. The maximum Gasteiger partial charge on any atom is 0.251 e. The van der Waals surface area contributed by atoms with Gasteiger partial charge in [-0.25, -0.2) is 8.42 Å². The van der Waals surface area contributed by atoms with Gasteiger partial charge in [-0.2, -0.15) is 4.31 Å². The van der Waals surface area contributed by atoms with Gasteiger partial charge in [-0.05, 0) is 48.9 Å². The number of sulfonamides is 1. The normalized spacial score (nSPS) is 15.1. The summed E-state index contributed by atoms with van der Waals surface area (Å²) in [5, 5.41) is 2.97. The Hall–Kier alpha value is -2.65. The fraction of sp³-hybridized carbons (Fsp3) is 0.296. The molecule has 6 nitrogen and oxygen atoms in total. The number of hydrogen-bond donors (Lipinski definition) is 1. The molecule has 1 aliphatic heterocycles. The molecule has 4 rings (SSSR count). The predicted octanol–water partition coefficient (Wildman–Crippen LogP) is 4.02. The molecule has 184 valence electrons. The van der Waals surface area contributed by atoms with Crippen LogP contribution in [-0.4, -0.2) is 62.0 Å². The molecule has 1 N–H and O–H groups in total. The minimum Gasteiger partial charge on any atom is -0.351 e. The molecule has 3 aromatic rings. The first kappa shape index (κ1) is 25.4. The number of hydrogen-bond acceptors (Lipinski definition) is 5. The van der Waals surface area contributed by atoms with Gasteiger partial charge in [0.15, 0.2) is 0 Å². The summed E-state index contributed by atoms with van der Waals surface area (Å²) in [4.78, 5) is 16.2. The molecule has 0 aromatic heterocycles. The van der Waals surface area contributed by atoms with Crippen LogP contribution in [-0.2, 0) is 16.6 Å². The highest BCUT2D eigenvalue weighted by Crippen LogP contribution is 2.19. The maximum atomic E-state index is 12.9. The molecule has 0 unspecified atom stereocenters. The van der Waals surface area contributed by atoms with E-state index in [0.29, 0.717) is 43.2 Å². The van der Waals surface area contributed by atoms with Crippen LogP contribution in [0.3, 0.4) is 0 Å². The molecule has 35 heavy (non-hydrogen) atoms. The highest BCUT2D eigenvalue weighted by Gasteiger charge is 2.28. The first-order valence-electron chi connectivity index (χ1n) is 11.8. The fourth-order valence-electron chi connectivity index (χ4n) is 3.96. The van der Waals surface area contributed by atoms with E-state index in [2.05, 4.69) is 22.3 Å². The highest BCUT2D eigenvalue weighted by molar-refractivity contribution is 7.99. The van der Waals surface area contributed by atoms with Crippen LogP contribution >= 0.6 is 11.8 Å². The van der Waals surface area contributed by atoms with E-state index in [-0.39, 0.29) is 5.91 Å². The second kappa shape index (κ2) is 11.9. The van der Waals surface area contributed by atoms with Gasteiger partial charge in [-0.1, -0.05) is 48.0 Å². The zero-order valence-corrected chi connectivity index (χ0v) is 21.5. The third-order valence-corrected chi connectivity index (χ3v) is 8.94. The Labute approximate surface area is 212 Å². The molecule has 0 saturated carbocycles. The molecule has 1 amide bonds. The largest absolute Gasteiger partial charge is 0.351 e. The van der Waals surface area contributed by atoms with Crippen molar-refractivity contribution in [2.75, 3.05) is 38.5 Å². The summed E-state index contributed by atoms with van der Waals surface area (Å²) in [7, 11) is -3.46. The van der Waals surface area contributed by atoms with Gasteiger partial charge in [0, 0.05) is 55.5 Å². The summed E-state index contributed by atoms with van der Waals surface area (Å²) in [6.07, 6.45) is 0. The molecule has 3 aromatic carbocycles. The lowest BCUT2D eigenvalue weighted by Gasteiger charge is -2.34. The van der Waals surface area contributed by atoms with Crippen molar-refractivity contribution in [3.8, 4) is 0 Å². The number of carbonyl (C=O) groups excluding carboxylic acids is 1. The number of piperazine rings is 1. The molecule has 1 saturated heterocycles. The minimum atomic E-state index is -3.46. The van der Waals surface area contributed by atoms with Crippen molar-refractivity contribution in [2.24, 2.45) is 0 Å². The van der Waals surface area contributed by atoms with Crippen LogP contribution in [0, 0.1) is 6.92 Å². The summed E-state index contributed by atoms with van der Waals surface area (Å²) in [6.45, 7) is 5.57. The average molecular weight is 510 g/mol. The summed E-state index contributed by atoms with van der Waals surface area (Å²) in [5.41, 5.74) is 2.79. The third kappa shape index (κ3) is 6.95. The van der Waals surface area contributed by atoms with Crippen LogP contribution in [0.1, 0.15) is 21.5 Å². The molecule has 1 aliphatic rings. The lowest BCUT2D eigenvalue weighted by Crippen LogP contribution is -2.48. The molecular formula is C27H31N3O3S2. The van der Waals surface area contributed by atoms with E-state index < -0.39 is 10.0 Å². The van der Waals surface area contributed by atoms with Crippen molar-refractivity contribution in [2.45, 2.75) is 23.3 Å². The van der Waals surface area contributed by atoms with Gasteiger partial charge in [-0.15, -0.1) is 11.8 Å². The zero-order valence-electron chi connectivity index (χ0n) is 19.9. The van der Waals surface area contributed by atoms with E-state index in [1.54, 1.807) is 28.2 Å². The van der Waals surface area contributed by atoms with Crippen molar-refractivity contribution in [1.29, 1.82) is 0 Å². The number of amides is 1. The van der Waals surface area contributed by atoms with E-state index in [1.807, 2.05) is 61.5 Å².